The summed E-state index contributed by atoms with van der Waals surface area (Å²) in [5.41, 5.74) is 3.24. The minimum absolute atomic E-state index is 0. The molecule has 0 radical (unpaired) electrons. The molecule has 0 atom stereocenters. The molecule has 0 unspecified atom stereocenters. The van der Waals surface area contributed by atoms with Crippen LogP contribution in [0.1, 0.15) is 23.1 Å². The number of hydrogen-bond acceptors (Lipinski definition) is 4. The quantitative estimate of drug-likeness (QED) is 0.321. The van der Waals surface area contributed by atoms with Crippen LogP contribution in [0.2, 0.25) is 5.02 Å². The molecule has 0 fully saturated rings. The van der Waals surface area contributed by atoms with Crippen LogP contribution in [0.15, 0.2) is 28.7 Å². The van der Waals surface area contributed by atoms with Crippen LogP contribution >= 0.6 is 46.9 Å². The van der Waals surface area contributed by atoms with Crippen LogP contribution in [0.5, 0.6) is 5.75 Å². The van der Waals surface area contributed by atoms with Gasteiger partial charge in [0.25, 0.3) is 0 Å². The molecule has 1 heterocycles. The third-order valence-electron chi connectivity index (χ3n) is 3.25. The number of nitrogens with one attached hydrogen (secondary N) is 2. The lowest BCUT2D eigenvalue weighted by Crippen LogP contribution is -2.36. The molecule has 2 aromatic rings. The number of rotatable bonds is 7. The van der Waals surface area contributed by atoms with Gasteiger partial charge in [-0.2, -0.15) is 8.78 Å². The summed E-state index contributed by atoms with van der Waals surface area (Å²) in [5.74, 6) is 0.635. The van der Waals surface area contributed by atoms with Gasteiger partial charge in [0.15, 0.2) is 5.96 Å². The molecule has 0 spiro atoms. The number of alkyl halides is 2. The van der Waals surface area contributed by atoms with Gasteiger partial charge in [-0.05, 0) is 32.0 Å². The second kappa shape index (κ2) is 11.5. The van der Waals surface area contributed by atoms with Crippen molar-refractivity contribution in [3.63, 3.8) is 0 Å². The van der Waals surface area contributed by atoms with E-state index >= 15 is 0 Å². The topological polar surface area (TPSA) is 58.5 Å². The number of hydrogen-bond donors (Lipinski definition) is 2. The monoisotopic (exact) mass is 516 g/mol. The number of halogens is 4. The minimum atomic E-state index is -2.90. The van der Waals surface area contributed by atoms with Gasteiger partial charge in [-0.25, -0.2) is 9.98 Å². The fourth-order valence-corrected chi connectivity index (χ4v) is 2.96. The van der Waals surface area contributed by atoms with Crippen LogP contribution in [-0.2, 0) is 13.1 Å². The van der Waals surface area contributed by atoms with Crippen molar-refractivity contribution in [2.75, 3.05) is 6.54 Å². The van der Waals surface area contributed by atoms with Gasteiger partial charge in [0, 0.05) is 22.0 Å². The molecular weight excluding hydrogens is 497 g/mol. The van der Waals surface area contributed by atoms with E-state index in [0.29, 0.717) is 29.6 Å². The molecule has 10 heteroatoms. The summed E-state index contributed by atoms with van der Waals surface area (Å²) in [6.45, 7) is 2.39. The van der Waals surface area contributed by atoms with Crippen LogP contribution in [0.4, 0.5) is 8.78 Å². The third kappa shape index (κ3) is 7.20. The van der Waals surface area contributed by atoms with E-state index in [1.54, 1.807) is 22.9 Å². The predicted molar refractivity (Wildman–Crippen MR) is 112 cm³/mol. The highest BCUT2D eigenvalue weighted by Crippen LogP contribution is 2.25. The van der Waals surface area contributed by atoms with Gasteiger partial charge < -0.3 is 15.4 Å². The molecule has 0 saturated heterocycles. The molecule has 0 saturated carbocycles. The molecule has 0 aliphatic rings. The van der Waals surface area contributed by atoms with Crippen LogP contribution < -0.4 is 15.4 Å². The first kappa shape index (κ1) is 22.8. The Morgan fingerprint density at radius 1 is 1.38 bits per heavy atom. The summed E-state index contributed by atoms with van der Waals surface area (Å²) in [4.78, 5) is 9.72. The maximum absolute atomic E-state index is 12.5. The van der Waals surface area contributed by atoms with Crippen molar-refractivity contribution in [1.29, 1.82) is 0 Å². The first-order valence-corrected chi connectivity index (χ1v) is 8.89. The van der Waals surface area contributed by atoms with Gasteiger partial charge in [0.1, 0.15) is 5.75 Å². The number of ether oxygens (including phenoxy) is 1. The Kier molecular flexibility index (Phi) is 10.1. The number of aromatic nitrogens is 1. The Labute approximate surface area is 177 Å². The Morgan fingerprint density at radius 2 is 2.15 bits per heavy atom. The number of aliphatic imine (C=N–C) groups is 1. The number of benzene rings is 1. The van der Waals surface area contributed by atoms with Crippen molar-refractivity contribution in [2.24, 2.45) is 4.99 Å². The van der Waals surface area contributed by atoms with E-state index in [4.69, 9.17) is 11.6 Å². The van der Waals surface area contributed by atoms with E-state index in [2.05, 4.69) is 25.3 Å². The van der Waals surface area contributed by atoms with Gasteiger partial charge >= 0.3 is 6.61 Å². The largest absolute Gasteiger partial charge is 0.434 e. The molecule has 2 N–H and O–H groups in total. The summed E-state index contributed by atoms with van der Waals surface area (Å²) in [6, 6.07) is 4.49. The Hall–Kier alpha value is -1.20. The lowest BCUT2D eigenvalue weighted by Gasteiger charge is -2.13. The zero-order valence-electron chi connectivity index (χ0n) is 14.3. The number of nitrogens with zero attached hydrogens (tertiary/aromatic N) is 2. The first-order valence-electron chi connectivity index (χ1n) is 7.64. The zero-order chi connectivity index (χ0) is 18.2. The molecule has 0 aliphatic heterocycles. The van der Waals surface area contributed by atoms with Crippen LogP contribution in [-0.4, -0.2) is 24.1 Å². The minimum Gasteiger partial charge on any atom is -0.434 e. The highest BCUT2D eigenvalue weighted by molar-refractivity contribution is 14.0. The normalized spacial score (nSPS) is 11.2. The van der Waals surface area contributed by atoms with Crippen LogP contribution in [0.3, 0.4) is 0 Å². The highest BCUT2D eigenvalue weighted by atomic mass is 127. The third-order valence-corrected chi connectivity index (χ3v) is 4.42. The van der Waals surface area contributed by atoms with Gasteiger partial charge in [-0.3, -0.25) is 0 Å². The molecular formula is C16H20ClF2IN4OS. The lowest BCUT2D eigenvalue weighted by atomic mass is 10.2. The second-order valence-corrected chi connectivity index (χ2v) is 6.42. The first-order chi connectivity index (χ1) is 12.0. The van der Waals surface area contributed by atoms with Crippen LogP contribution in [0, 0.1) is 6.92 Å². The van der Waals surface area contributed by atoms with Crippen molar-refractivity contribution >= 4 is 52.9 Å². The fraction of sp³-hybridized carbons (Fsp3) is 0.375. The van der Waals surface area contributed by atoms with E-state index in [-0.39, 0.29) is 36.3 Å². The molecule has 144 valence electrons. The molecule has 0 aliphatic carbocycles. The number of aryl methyl sites for hydroxylation is 1. The van der Waals surface area contributed by atoms with Gasteiger partial charge in [-0.1, -0.05) is 11.6 Å². The average molecular weight is 517 g/mol. The maximum Gasteiger partial charge on any atom is 0.387 e. The Morgan fingerprint density at radius 3 is 2.77 bits per heavy atom. The Bertz CT molecular complexity index is 730. The summed E-state index contributed by atoms with van der Waals surface area (Å²) < 4.78 is 29.6. The van der Waals surface area contributed by atoms with E-state index in [1.165, 1.54) is 12.1 Å². The number of thiazole rings is 1. The standard InChI is InChI=1S/C16H19ClF2N4OS.HI/c1-3-20-16(22-8-14-10(2)23-9-25-14)21-7-11-6-12(17)4-5-13(11)24-15(18)19;/h4-6,9,15H,3,7-8H2,1-2H3,(H2,20,21,22);1H. The van der Waals surface area contributed by atoms with E-state index in [1.807, 2.05) is 13.8 Å². The summed E-state index contributed by atoms with van der Waals surface area (Å²) in [7, 11) is 0. The molecule has 0 bridgehead atoms. The van der Waals surface area contributed by atoms with Crippen molar-refractivity contribution < 1.29 is 13.5 Å². The number of guanidine groups is 1. The molecule has 0 amide bonds. The van der Waals surface area contributed by atoms with E-state index in [0.717, 1.165) is 10.6 Å². The lowest BCUT2D eigenvalue weighted by molar-refractivity contribution is -0.0504. The zero-order valence-corrected chi connectivity index (χ0v) is 18.2. The fourth-order valence-electron chi connectivity index (χ4n) is 2.05. The maximum atomic E-state index is 12.5. The highest BCUT2D eigenvalue weighted by Gasteiger charge is 2.11. The Balaban J connectivity index is 0.00000338. The summed E-state index contributed by atoms with van der Waals surface area (Å²) >= 11 is 7.51. The van der Waals surface area contributed by atoms with Crippen molar-refractivity contribution in [3.8, 4) is 5.75 Å². The molecule has 26 heavy (non-hydrogen) atoms. The van der Waals surface area contributed by atoms with Gasteiger partial charge in [0.2, 0.25) is 0 Å². The molecule has 1 aromatic carbocycles. The van der Waals surface area contributed by atoms with Crippen molar-refractivity contribution in [1.82, 2.24) is 15.6 Å². The average Bonchev–Trinajstić information content (AvgIpc) is 2.97. The molecule has 5 nitrogen and oxygen atoms in total. The van der Waals surface area contributed by atoms with Crippen LogP contribution in [0.25, 0.3) is 0 Å². The molecule has 2 rings (SSSR count). The van der Waals surface area contributed by atoms with E-state index in [9.17, 15) is 8.78 Å². The summed E-state index contributed by atoms with van der Waals surface area (Å²) in [6.07, 6.45) is 0. The summed E-state index contributed by atoms with van der Waals surface area (Å²) in [5, 5.41) is 6.74. The van der Waals surface area contributed by atoms with Crippen molar-refractivity contribution in [3.05, 3.63) is 44.9 Å². The van der Waals surface area contributed by atoms with Gasteiger partial charge in [0.05, 0.1) is 24.3 Å². The predicted octanol–water partition coefficient (Wildman–Crippen LogP) is 4.58. The van der Waals surface area contributed by atoms with E-state index < -0.39 is 6.61 Å². The SMILES string of the molecule is CCNC(=NCc1cc(Cl)ccc1OC(F)F)NCc1scnc1C.I. The second-order valence-electron chi connectivity index (χ2n) is 5.04. The molecule has 1 aromatic heterocycles. The van der Waals surface area contributed by atoms with Crippen molar-refractivity contribution in [2.45, 2.75) is 33.5 Å². The van der Waals surface area contributed by atoms with Gasteiger partial charge in [-0.15, -0.1) is 35.3 Å². The smallest absolute Gasteiger partial charge is 0.387 e.